The minimum absolute atomic E-state index is 0. The predicted molar refractivity (Wildman–Crippen MR) is 116 cm³/mol. The summed E-state index contributed by atoms with van der Waals surface area (Å²) in [5.74, 6) is 1.33. The van der Waals surface area contributed by atoms with Gasteiger partial charge >= 0.3 is 0 Å². The van der Waals surface area contributed by atoms with Crippen LogP contribution < -0.4 is 15.4 Å². The van der Waals surface area contributed by atoms with E-state index in [9.17, 15) is 13.2 Å². The lowest BCUT2D eigenvalue weighted by Gasteiger charge is -2.11. The van der Waals surface area contributed by atoms with Crippen LogP contribution in [0.1, 0.15) is 18.4 Å². The minimum Gasteiger partial charge on any atom is -0.439 e. The summed E-state index contributed by atoms with van der Waals surface area (Å²) in [5.41, 5.74) is 0.706. The fourth-order valence-electron chi connectivity index (χ4n) is 2.50. The summed E-state index contributed by atoms with van der Waals surface area (Å²) in [6.45, 7) is 1.44. The molecule has 0 bridgehead atoms. The Morgan fingerprint density at radius 3 is 2.66 bits per heavy atom. The van der Waals surface area contributed by atoms with Crippen molar-refractivity contribution in [2.24, 2.45) is 5.92 Å². The lowest BCUT2D eigenvalue weighted by Crippen LogP contribution is -2.34. The van der Waals surface area contributed by atoms with E-state index in [4.69, 9.17) is 4.74 Å². The Balaban J connectivity index is 0.00000210. The lowest BCUT2D eigenvalue weighted by atomic mass is 10.2. The molecule has 1 saturated carbocycles. The van der Waals surface area contributed by atoms with Crippen LogP contribution in [0.3, 0.4) is 0 Å². The van der Waals surface area contributed by atoms with Crippen molar-refractivity contribution in [3.8, 4) is 11.6 Å². The molecule has 0 saturated heterocycles. The van der Waals surface area contributed by atoms with E-state index >= 15 is 0 Å². The maximum absolute atomic E-state index is 11.9. The van der Waals surface area contributed by atoms with E-state index in [-0.39, 0.29) is 48.7 Å². The number of carbonyl (C=O) groups excluding carboxylic acids is 1. The number of hydrogen-bond donors (Lipinski definition) is 2. The van der Waals surface area contributed by atoms with Crippen LogP contribution >= 0.6 is 24.8 Å². The third-order valence-electron chi connectivity index (χ3n) is 4.19. The number of rotatable bonds is 9. The number of benzene rings is 1. The molecule has 1 amide bonds. The highest BCUT2D eigenvalue weighted by molar-refractivity contribution is 7.90. The zero-order chi connectivity index (χ0) is 19.3. The van der Waals surface area contributed by atoms with Crippen molar-refractivity contribution in [2.45, 2.75) is 24.3 Å². The van der Waals surface area contributed by atoms with E-state index in [0.717, 1.165) is 18.7 Å². The minimum atomic E-state index is -3.32. The second kappa shape index (κ2) is 11.3. The average Bonchev–Trinajstić information content (AvgIpc) is 3.45. The molecule has 7 nitrogen and oxygen atoms in total. The Kier molecular flexibility index (Phi) is 9.85. The van der Waals surface area contributed by atoms with E-state index in [0.29, 0.717) is 17.2 Å². The molecule has 0 radical (unpaired) electrons. The van der Waals surface area contributed by atoms with Crippen molar-refractivity contribution in [1.82, 2.24) is 15.6 Å². The van der Waals surface area contributed by atoms with Crippen LogP contribution in [0, 0.1) is 5.92 Å². The smallest absolute Gasteiger partial charge is 0.234 e. The Morgan fingerprint density at radius 2 is 1.97 bits per heavy atom. The van der Waals surface area contributed by atoms with Gasteiger partial charge in [-0.2, -0.15) is 0 Å². The molecule has 2 N–H and O–H groups in total. The van der Waals surface area contributed by atoms with Gasteiger partial charge in [0.15, 0.2) is 9.84 Å². The number of ether oxygens (including phenoxy) is 1. The molecule has 0 aliphatic heterocycles. The largest absolute Gasteiger partial charge is 0.439 e. The van der Waals surface area contributed by atoms with Gasteiger partial charge in [-0.1, -0.05) is 12.1 Å². The molecule has 3 rings (SSSR count). The van der Waals surface area contributed by atoms with Crippen molar-refractivity contribution < 1.29 is 17.9 Å². The number of pyridine rings is 1. The van der Waals surface area contributed by atoms with E-state index in [2.05, 4.69) is 15.6 Å². The highest BCUT2D eigenvalue weighted by Crippen LogP contribution is 2.27. The van der Waals surface area contributed by atoms with Crippen LogP contribution in [0.25, 0.3) is 0 Å². The first-order valence-electron chi connectivity index (χ1n) is 8.81. The maximum atomic E-state index is 11.9. The van der Waals surface area contributed by atoms with E-state index < -0.39 is 9.84 Å². The number of sulfone groups is 1. The van der Waals surface area contributed by atoms with Crippen molar-refractivity contribution in [1.29, 1.82) is 0 Å². The molecule has 1 aromatic heterocycles. The second-order valence-corrected chi connectivity index (χ2v) is 8.68. The fraction of sp³-hybridized carbons (Fsp3) is 0.368. The maximum Gasteiger partial charge on any atom is 0.234 e. The van der Waals surface area contributed by atoms with Crippen LogP contribution in [-0.2, 0) is 21.2 Å². The van der Waals surface area contributed by atoms with Crippen molar-refractivity contribution in [3.63, 3.8) is 0 Å². The Hall–Kier alpha value is -1.87. The van der Waals surface area contributed by atoms with Gasteiger partial charge in [-0.25, -0.2) is 13.4 Å². The molecular formula is C19H25Cl2N3O4S. The summed E-state index contributed by atoms with van der Waals surface area (Å²) in [4.78, 5) is 16.3. The summed E-state index contributed by atoms with van der Waals surface area (Å²) in [6, 6.07) is 9.80. The predicted octanol–water partition coefficient (Wildman–Crippen LogP) is 2.74. The first kappa shape index (κ1) is 25.2. The molecule has 2 aromatic rings. The molecule has 0 atom stereocenters. The van der Waals surface area contributed by atoms with Gasteiger partial charge in [0, 0.05) is 24.6 Å². The average molecular weight is 462 g/mol. The normalized spacial score (nSPS) is 13.0. The topological polar surface area (TPSA) is 97.4 Å². The van der Waals surface area contributed by atoms with Crippen LogP contribution in [0.2, 0.25) is 0 Å². The van der Waals surface area contributed by atoms with Gasteiger partial charge in [-0.15, -0.1) is 24.8 Å². The summed E-state index contributed by atoms with van der Waals surface area (Å²) in [5, 5.41) is 5.98. The van der Waals surface area contributed by atoms with Crippen LogP contribution in [0.5, 0.6) is 11.6 Å². The van der Waals surface area contributed by atoms with Gasteiger partial charge < -0.3 is 15.4 Å². The Labute approximate surface area is 183 Å². The number of aromatic nitrogens is 1. The van der Waals surface area contributed by atoms with Gasteiger partial charge in [0.2, 0.25) is 11.8 Å². The molecule has 1 heterocycles. The third kappa shape index (κ3) is 8.18. The van der Waals surface area contributed by atoms with Crippen LogP contribution in [-0.4, -0.2) is 38.7 Å². The number of carbonyl (C=O) groups is 1. The van der Waals surface area contributed by atoms with Gasteiger partial charge in [0.05, 0.1) is 11.4 Å². The quantitative estimate of drug-likeness (QED) is 0.595. The standard InChI is InChI=1S/C19H23N3O4S.2ClH/c1-27(24,25)17-6-2-5-16(10-17)26-19-15(4-3-9-21-19)12-22-18(23)13-20-11-14-7-8-14;;/h2-6,9-10,14,20H,7-8,11-13H2,1H3,(H,22,23);2*1H. The van der Waals surface area contributed by atoms with E-state index in [1.165, 1.54) is 25.0 Å². The molecule has 1 aromatic carbocycles. The van der Waals surface area contributed by atoms with Gasteiger partial charge in [-0.3, -0.25) is 4.79 Å². The van der Waals surface area contributed by atoms with Gasteiger partial charge in [0.1, 0.15) is 5.75 Å². The van der Waals surface area contributed by atoms with Crippen LogP contribution in [0.4, 0.5) is 0 Å². The summed E-state index contributed by atoms with van der Waals surface area (Å²) < 4.78 is 29.1. The third-order valence-corrected chi connectivity index (χ3v) is 5.30. The molecule has 0 unspecified atom stereocenters. The van der Waals surface area contributed by atoms with E-state index in [1.807, 2.05) is 0 Å². The summed E-state index contributed by atoms with van der Waals surface area (Å²) in [7, 11) is -3.32. The lowest BCUT2D eigenvalue weighted by molar-refractivity contribution is -0.120. The molecule has 0 spiro atoms. The first-order chi connectivity index (χ1) is 12.9. The highest BCUT2D eigenvalue weighted by atomic mass is 35.5. The first-order valence-corrected chi connectivity index (χ1v) is 10.7. The molecule has 29 heavy (non-hydrogen) atoms. The van der Waals surface area contributed by atoms with Crippen LogP contribution in [0.15, 0.2) is 47.5 Å². The SMILES string of the molecule is CS(=O)(=O)c1cccc(Oc2ncccc2CNC(=O)CNCC2CC2)c1.Cl.Cl. The second-order valence-electron chi connectivity index (χ2n) is 6.67. The molecule has 1 aliphatic carbocycles. The monoisotopic (exact) mass is 461 g/mol. The molecule has 160 valence electrons. The summed E-state index contributed by atoms with van der Waals surface area (Å²) in [6.07, 6.45) is 5.21. The number of amides is 1. The van der Waals surface area contributed by atoms with Crippen molar-refractivity contribution in [2.75, 3.05) is 19.3 Å². The molecule has 1 aliphatic rings. The number of halogens is 2. The number of hydrogen-bond acceptors (Lipinski definition) is 6. The molecule has 1 fully saturated rings. The zero-order valence-corrected chi connectivity index (χ0v) is 18.4. The van der Waals surface area contributed by atoms with E-state index in [1.54, 1.807) is 30.5 Å². The Morgan fingerprint density at radius 1 is 1.21 bits per heavy atom. The molecular weight excluding hydrogens is 437 g/mol. The van der Waals surface area contributed by atoms with Crippen molar-refractivity contribution >= 4 is 40.6 Å². The molecule has 10 heteroatoms. The van der Waals surface area contributed by atoms with Gasteiger partial charge in [-0.05, 0) is 49.6 Å². The fourth-order valence-corrected chi connectivity index (χ4v) is 3.15. The van der Waals surface area contributed by atoms with Gasteiger partial charge in [0.25, 0.3) is 0 Å². The van der Waals surface area contributed by atoms with Crippen molar-refractivity contribution in [3.05, 3.63) is 48.2 Å². The zero-order valence-electron chi connectivity index (χ0n) is 16.0. The summed E-state index contributed by atoms with van der Waals surface area (Å²) >= 11 is 0. The highest BCUT2D eigenvalue weighted by Gasteiger charge is 2.20. The number of nitrogens with zero attached hydrogens (tertiary/aromatic N) is 1. The number of nitrogens with one attached hydrogen (secondary N) is 2. The Bertz CT molecular complexity index is 921.